The Morgan fingerprint density at radius 3 is 2.71 bits per heavy atom. The Balaban J connectivity index is 2.21. The first-order valence-electron chi connectivity index (χ1n) is 6.94. The molecule has 0 aliphatic carbocycles. The third-order valence-electron chi connectivity index (χ3n) is 3.00. The van der Waals surface area contributed by atoms with Gasteiger partial charge in [0.15, 0.2) is 0 Å². The number of carboxylic acids is 1. The zero-order chi connectivity index (χ0) is 15.7. The van der Waals surface area contributed by atoms with Gasteiger partial charge in [-0.3, -0.25) is 4.79 Å². The number of nitrogens with one attached hydrogen (secondary N) is 1. The fourth-order valence-electron chi connectivity index (χ4n) is 1.89. The highest BCUT2D eigenvalue weighted by molar-refractivity contribution is 6.30. The number of amides is 2. The number of rotatable bonds is 8. The van der Waals surface area contributed by atoms with Gasteiger partial charge in [-0.1, -0.05) is 30.2 Å². The monoisotopic (exact) mass is 312 g/mol. The maximum absolute atomic E-state index is 11.9. The van der Waals surface area contributed by atoms with Crippen molar-refractivity contribution in [1.29, 1.82) is 0 Å². The number of aliphatic carboxylic acids is 1. The number of hydrogen-bond donors (Lipinski definition) is 2. The van der Waals surface area contributed by atoms with E-state index in [1.165, 1.54) is 0 Å². The third kappa shape index (κ3) is 7.56. The molecular formula is C15H21ClN2O3. The summed E-state index contributed by atoms with van der Waals surface area (Å²) in [6.45, 7) is 1.05. The van der Waals surface area contributed by atoms with Crippen LogP contribution in [0.25, 0.3) is 0 Å². The van der Waals surface area contributed by atoms with E-state index >= 15 is 0 Å². The summed E-state index contributed by atoms with van der Waals surface area (Å²) in [4.78, 5) is 23.8. The summed E-state index contributed by atoms with van der Waals surface area (Å²) in [5.41, 5.74) is 0.974. The number of benzene rings is 1. The molecule has 0 aliphatic heterocycles. The van der Waals surface area contributed by atoms with Crippen LogP contribution in [-0.4, -0.2) is 35.6 Å². The number of hydrogen-bond acceptors (Lipinski definition) is 2. The molecular weight excluding hydrogens is 292 g/mol. The first-order chi connectivity index (χ1) is 9.99. The summed E-state index contributed by atoms with van der Waals surface area (Å²) in [6, 6.07) is 7.25. The van der Waals surface area contributed by atoms with Crippen molar-refractivity contribution >= 4 is 23.6 Å². The minimum Gasteiger partial charge on any atom is -0.481 e. The second-order valence-electron chi connectivity index (χ2n) is 4.92. The van der Waals surface area contributed by atoms with Crippen LogP contribution in [0.15, 0.2) is 24.3 Å². The van der Waals surface area contributed by atoms with Crippen molar-refractivity contribution in [3.8, 4) is 0 Å². The molecule has 0 heterocycles. The lowest BCUT2D eigenvalue weighted by molar-refractivity contribution is -0.137. The van der Waals surface area contributed by atoms with E-state index in [1.807, 2.05) is 18.2 Å². The zero-order valence-corrected chi connectivity index (χ0v) is 12.9. The molecule has 1 aromatic rings. The first-order valence-corrected chi connectivity index (χ1v) is 7.32. The Morgan fingerprint density at radius 2 is 2.05 bits per heavy atom. The summed E-state index contributed by atoms with van der Waals surface area (Å²) in [6.07, 6.45) is 2.40. The van der Waals surface area contributed by atoms with E-state index in [1.54, 1.807) is 18.0 Å². The summed E-state index contributed by atoms with van der Waals surface area (Å²) in [7, 11) is 1.72. The van der Waals surface area contributed by atoms with Crippen LogP contribution in [0, 0.1) is 0 Å². The molecule has 0 aromatic heterocycles. The third-order valence-corrected chi connectivity index (χ3v) is 3.23. The van der Waals surface area contributed by atoms with Crippen LogP contribution in [0.4, 0.5) is 4.79 Å². The Hall–Kier alpha value is -1.75. The molecule has 1 rings (SSSR count). The second kappa shape index (κ2) is 9.23. The SMILES string of the molecule is CN(Cc1cccc(Cl)c1)C(=O)NCCCCCC(=O)O. The lowest BCUT2D eigenvalue weighted by atomic mass is 10.2. The molecule has 6 heteroatoms. The van der Waals surface area contributed by atoms with Crippen molar-refractivity contribution in [3.63, 3.8) is 0 Å². The molecule has 2 N–H and O–H groups in total. The Bertz CT molecular complexity index is 480. The zero-order valence-electron chi connectivity index (χ0n) is 12.1. The molecule has 5 nitrogen and oxygen atoms in total. The fraction of sp³-hybridized carbons (Fsp3) is 0.467. The molecule has 0 unspecified atom stereocenters. The molecule has 0 spiro atoms. The van der Waals surface area contributed by atoms with Crippen LogP contribution in [-0.2, 0) is 11.3 Å². The standard InChI is InChI=1S/C15H21ClN2O3/c1-18(11-12-6-5-7-13(16)10-12)15(21)17-9-4-2-3-8-14(19)20/h5-7,10H,2-4,8-9,11H2,1H3,(H,17,21)(H,19,20). The van der Waals surface area contributed by atoms with E-state index in [9.17, 15) is 9.59 Å². The molecule has 0 radical (unpaired) electrons. The van der Waals surface area contributed by atoms with Gasteiger partial charge in [-0.15, -0.1) is 0 Å². The van der Waals surface area contributed by atoms with Gasteiger partial charge in [0.1, 0.15) is 0 Å². The summed E-state index contributed by atoms with van der Waals surface area (Å²) < 4.78 is 0. The number of halogens is 1. The predicted octanol–water partition coefficient (Wildman–Crippen LogP) is 3.13. The van der Waals surface area contributed by atoms with Gasteiger partial charge in [0.25, 0.3) is 0 Å². The largest absolute Gasteiger partial charge is 0.481 e. The molecule has 116 valence electrons. The number of carbonyl (C=O) groups is 2. The molecule has 0 aliphatic rings. The van der Waals surface area contributed by atoms with Crippen LogP contribution < -0.4 is 5.32 Å². The average molecular weight is 313 g/mol. The maximum atomic E-state index is 11.9. The normalized spacial score (nSPS) is 10.2. The van der Waals surface area contributed by atoms with Crippen LogP contribution in [0.1, 0.15) is 31.2 Å². The van der Waals surface area contributed by atoms with Crippen LogP contribution >= 0.6 is 11.6 Å². The number of carboxylic acid groups (broad SMARTS) is 1. The van der Waals surface area contributed by atoms with Gasteiger partial charge in [-0.25, -0.2) is 4.79 Å². The molecule has 2 amide bonds. The predicted molar refractivity (Wildman–Crippen MR) is 82.4 cm³/mol. The van der Waals surface area contributed by atoms with Crippen LogP contribution in [0.2, 0.25) is 5.02 Å². The fourth-order valence-corrected chi connectivity index (χ4v) is 2.10. The summed E-state index contributed by atoms with van der Waals surface area (Å²) in [5, 5.41) is 12.0. The van der Waals surface area contributed by atoms with Gasteiger partial charge in [-0.2, -0.15) is 0 Å². The van der Waals surface area contributed by atoms with Crippen molar-refractivity contribution in [2.75, 3.05) is 13.6 Å². The van der Waals surface area contributed by atoms with Crippen LogP contribution in [0.3, 0.4) is 0 Å². The van der Waals surface area contributed by atoms with Gasteiger partial charge in [0.05, 0.1) is 0 Å². The number of nitrogens with zero attached hydrogens (tertiary/aromatic N) is 1. The van der Waals surface area contributed by atoms with E-state index in [-0.39, 0.29) is 12.5 Å². The molecule has 0 fully saturated rings. The number of carbonyl (C=O) groups excluding carboxylic acids is 1. The molecule has 0 saturated heterocycles. The average Bonchev–Trinajstić information content (AvgIpc) is 2.42. The van der Waals surface area contributed by atoms with Crippen molar-refractivity contribution in [1.82, 2.24) is 10.2 Å². The topological polar surface area (TPSA) is 69.6 Å². The van der Waals surface area contributed by atoms with E-state index in [0.717, 1.165) is 18.4 Å². The number of urea groups is 1. The van der Waals surface area contributed by atoms with Crippen molar-refractivity contribution in [3.05, 3.63) is 34.9 Å². The number of unbranched alkanes of at least 4 members (excludes halogenated alkanes) is 2. The highest BCUT2D eigenvalue weighted by Gasteiger charge is 2.08. The van der Waals surface area contributed by atoms with Gasteiger partial charge in [-0.05, 0) is 30.5 Å². The molecule has 0 saturated carbocycles. The Labute approximate surface area is 129 Å². The van der Waals surface area contributed by atoms with Gasteiger partial charge in [0, 0.05) is 31.6 Å². The van der Waals surface area contributed by atoms with Crippen molar-refractivity contribution in [2.24, 2.45) is 0 Å². The molecule has 0 atom stereocenters. The van der Waals surface area contributed by atoms with Crippen LogP contribution in [0.5, 0.6) is 0 Å². The highest BCUT2D eigenvalue weighted by Crippen LogP contribution is 2.12. The minimum atomic E-state index is -0.778. The Kier molecular flexibility index (Phi) is 7.61. The van der Waals surface area contributed by atoms with Crippen molar-refractivity contribution in [2.45, 2.75) is 32.2 Å². The quantitative estimate of drug-likeness (QED) is 0.725. The molecule has 0 bridgehead atoms. The summed E-state index contributed by atoms with van der Waals surface area (Å²) in [5.74, 6) is -0.778. The summed E-state index contributed by atoms with van der Waals surface area (Å²) >= 11 is 5.90. The van der Waals surface area contributed by atoms with Crippen molar-refractivity contribution < 1.29 is 14.7 Å². The lowest BCUT2D eigenvalue weighted by Gasteiger charge is -2.18. The maximum Gasteiger partial charge on any atom is 0.317 e. The van der Waals surface area contributed by atoms with E-state index in [4.69, 9.17) is 16.7 Å². The van der Waals surface area contributed by atoms with E-state index < -0.39 is 5.97 Å². The van der Waals surface area contributed by atoms with Gasteiger partial charge in [0.2, 0.25) is 0 Å². The first kappa shape index (κ1) is 17.3. The lowest BCUT2D eigenvalue weighted by Crippen LogP contribution is -2.37. The molecule has 1 aromatic carbocycles. The van der Waals surface area contributed by atoms with Gasteiger partial charge < -0.3 is 15.3 Å². The Morgan fingerprint density at radius 1 is 1.29 bits per heavy atom. The van der Waals surface area contributed by atoms with E-state index in [2.05, 4.69) is 5.32 Å². The van der Waals surface area contributed by atoms with Gasteiger partial charge >= 0.3 is 12.0 Å². The second-order valence-corrected chi connectivity index (χ2v) is 5.36. The smallest absolute Gasteiger partial charge is 0.317 e. The highest BCUT2D eigenvalue weighted by atomic mass is 35.5. The molecule has 21 heavy (non-hydrogen) atoms. The minimum absolute atomic E-state index is 0.145. The van der Waals surface area contributed by atoms with E-state index in [0.29, 0.717) is 24.5 Å².